The Morgan fingerprint density at radius 2 is 1.42 bits per heavy atom. The van der Waals surface area contributed by atoms with Crippen molar-refractivity contribution in [2.24, 2.45) is 11.8 Å². The molecule has 2 saturated heterocycles. The molecular weight excluding hydrogens is 497 g/mol. The van der Waals surface area contributed by atoms with Crippen LogP contribution >= 0.6 is 0 Å². The number of carbonyl (C=O) groups is 3. The summed E-state index contributed by atoms with van der Waals surface area (Å²) in [6.07, 6.45) is -0.621. The van der Waals surface area contributed by atoms with Crippen LogP contribution in [-0.2, 0) is 38.1 Å². The fourth-order valence-electron chi connectivity index (χ4n) is 5.57. The van der Waals surface area contributed by atoms with Crippen LogP contribution in [0, 0.1) is 17.7 Å². The second-order valence-corrected chi connectivity index (χ2v) is 9.74. The zero-order chi connectivity index (χ0) is 27.6. The second kappa shape index (κ2) is 11.2. The van der Waals surface area contributed by atoms with Gasteiger partial charge >= 0.3 is 17.9 Å². The van der Waals surface area contributed by atoms with Gasteiger partial charge in [0.2, 0.25) is 0 Å². The quantitative estimate of drug-likeness (QED) is 0.413. The number of ether oxygens (including phenoxy) is 5. The van der Waals surface area contributed by atoms with Gasteiger partial charge in [-0.25, -0.2) is 4.39 Å². The van der Waals surface area contributed by atoms with Crippen LogP contribution in [0.1, 0.15) is 37.1 Å². The number of methoxy groups -OCH3 is 3. The van der Waals surface area contributed by atoms with E-state index in [9.17, 15) is 18.8 Å². The predicted molar refractivity (Wildman–Crippen MR) is 132 cm³/mol. The zero-order valence-electron chi connectivity index (χ0n) is 22.0. The minimum atomic E-state index is -1.28. The molecule has 0 bridgehead atoms. The van der Waals surface area contributed by atoms with E-state index >= 15 is 0 Å². The third kappa shape index (κ3) is 5.16. The van der Waals surface area contributed by atoms with Crippen LogP contribution in [0.25, 0.3) is 0 Å². The summed E-state index contributed by atoms with van der Waals surface area (Å²) in [5.41, 5.74) is 1.31. The molecule has 9 nitrogen and oxygen atoms in total. The summed E-state index contributed by atoms with van der Waals surface area (Å²) in [6, 6.07) is 12.1. The molecule has 0 amide bonds. The average molecular weight is 530 g/mol. The molecule has 0 N–H and O–H groups in total. The fourth-order valence-corrected chi connectivity index (χ4v) is 5.57. The lowest BCUT2D eigenvalue weighted by atomic mass is 9.84. The smallest absolute Gasteiger partial charge is 0.324 e. The van der Waals surface area contributed by atoms with Gasteiger partial charge in [0, 0.05) is 0 Å². The van der Waals surface area contributed by atoms with Crippen molar-refractivity contribution >= 4 is 17.9 Å². The first kappa shape index (κ1) is 27.7. The lowest BCUT2D eigenvalue weighted by Gasteiger charge is -2.47. The van der Waals surface area contributed by atoms with Gasteiger partial charge in [0.1, 0.15) is 18.0 Å². The molecule has 0 spiro atoms. The van der Waals surface area contributed by atoms with Crippen molar-refractivity contribution in [2.45, 2.75) is 43.9 Å². The van der Waals surface area contributed by atoms with Crippen molar-refractivity contribution in [1.82, 2.24) is 4.90 Å². The van der Waals surface area contributed by atoms with E-state index in [1.165, 1.54) is 45.6 Å². The minimum Gasteiger partial charge on any atom is -0.469 e. The van der Waals surface area contributed by atoms with Crippen molar-refractivity contribution in [1.29, 1.82) is 0 Å². The van der Waals surface area contributed by atoms with Gasteiger partial charge < -0.3 is 23.7 Å². The highest BCUT2D eigenvalue weighted by Crippen LogP contribution is 2.51. The highest BCUT2D eigenvalue weighted by Gasteiger charge is 2.63. The maximum atomic E-state index is 13.9. The number of hydrogen-bond donors (Lipinski definition) is 0. The molecule has 2 aromatic rings. The Hall–Kier alpha value is -3.34. The first-order valence-electron chi connectivity index (χ1n) is 12.3. The normalized spacial score (nSPS) is 28.9. The maximum Gasteiger partial charge on any atom is 0.324 e. The SMILES string of the molecule is COC(=O)[C@@H]1[C@@H](C(=O)OC)[C@@H](c2ccc(F)cc2)N([C@H]2COC(C)(C)O[C@H]2c2ccccc2)[C@@H]1C(=O)OC. The molecule has 4 rings (SSSR count). The largest absolute Gasteiger partial charge is 0.469 e. The molecule has 0 saturated carbocycles. The van der Waals surface area contributed by atoms with Gasteiger partial charge in [-0.15, -0.1) is 0 Å². The minimum absolute atomic E-state index is 0.0968. The van der Waals surface area contributed by atoms with Crippen LogP contribution in [0.2, 0.25) is 0 Å². The van der Waals surface area contributed by atoms with Crippen LogP contribution in [0.15, 0.2) is 54.6 Å². The molecule has 0 aromatic heterocycles. The van der Waals surface area contributed by atoms with Crippen molar-refractivity contribution in [3.8, 4) is 0 Å². The van der Waals surface area contributed by atoms with E-state index in [0.717, 1.165) is 5.56 Å². The van der Waals surface area contributed by atoms with Gasteiger partial charge in [-0.2, -0.15) is 0 Å². The molecule has 2 aliphatic rings. The Morgan fingerprint density at radius 3 is 2.00 bits per heavy atom. The van der Waals surface area contributed by atoms with Gasteiger partial charge in [0.05, 0.1) is 51.9 Å². The molecular formula is C28H32FNO8. The zero-order valence-corrected chi connectivity index (χ0v) is 22.0. The van der Waals surface area contributed by atoms with Gasteiger partial charge in [0.15, 0.2) is 5.79 Å². The summed E-state index contributed by atoms with van der Waals surface area (Å²) in [4.78, 5) is 41.6. The number of hydrogen-bond acceptors (Lipinski definition) is 9. The fraction of sp³-hybridized carbons (Fsp3) is 0.464. The van der Waals surface area contributed by atoms with Gasteiger partial charge in [-0.3, -0.25) is 19.3 Å². The molecule has 0 radical (unpaired) electrons. The Bertz CT molecular complexity index is 1160. The number of rotatable bonds is 6. The summed E-state index contributed by atoms with van der Waals surface area (Å²) >= 11 is 0. The Morgan fingerprint density at radius 1 is 0.842 bits per heavy atom. The van der Waals surface area contributed by atoms with E-state index in [1.807, 2.05) is 30.3 Å². The summed E-state index contributed by atoms with van der Waals surface area (Å²) in [5.74, 6) is -6.12. The Balaban J connectivity index is 1.96. The first-order chi connectivity index (χ1) is 18.1. The molecule has 2 heterocycles. The molecule has 2 fully saturated rings. The summed E-state index contributed by atoms with van der Waals surface area (Å²) in [6.45, 7) is 3.67. The van der Waals surface area contributed by atoms with Gasteiger partial charge in [-0.05, 0) is 37.1 Å². The highest BCUT2D eigenvalue weighted by atomic mass is 19.1. The molecule has 0 aliphatic carbocycles. The number of likely N-dealkylation sites (tertiary alicyclic amines) is 1. The summed E-state index contributed by atoms with van der Waals surface area (Å²) in [7, 11) is 3.60. The molecule has 204 valence electrons. The Kier molecular flexibility index (Phi) is 8.15. The number of halogens is 1. The lowest BCUT2D eigenvalue weighted by molar-refractivity contribution is -0.300. The summed E-state index contributed by atoms with van der Waals surface area (Å²) in [5, 5.41) is 0. The van der Waals surface area contributed by atoms with Crippen molar-refractivity contribution in [3.63, 3.8) is 0 Å². The second-order valence-electron chi connectivity index (χ2n) is 9.74. The first-order valence-corrected chi connectivity index (χ1v) is 12.3. The maximum absolute atomic E-state index is 13.9. The summed E-state index contributed by atoms with van der Waals surface area (Å²) < 4.78 is 41.7. The molecule has 0 unspecified atom stereocenters. The standard InChI is InChI=1S/C28H32FNO8/c1-28(2)37-15-19(24(38-28)17-9-7-6-8-10-17)30-22(16-11-13-18(29)14-12-16)20(25(31)34-3)21(26(32)35-4)23(30)27(33)36-5/h6-14,19-24H,15H2,1-5H3/t19-,20+,21+,22+,23-,24-/m0/s1. The number of carbonyl (C=O) groups excluding carboxylic acids is 3. The predicted octanol–water partition coefficient (Wildman–Crippen LogP) is 3.20. The van der Waals surface area contributed by atoms with Crippen LogP contribution in [-0.4, -0.2) is 68.6 Å². The average Bonchev–Trinajstić information content (AvgIpc) is 3.28. The van der Waals surface area contributed by atoms with Gasteiger partial charge in [0.25, 0.3) is 0 Å². The van der Waals surface area contributed by atoms with E-state index in [1.54, 1.807) is 18.7 Å². The van der Waals surface area contributed by atoms with Crippen LogP contribution < -0.4 is 0 Å². The molecule has 6 atom stereocenters. The van der Waals surface area contributed by atoms with E-state index < -0.39 is 65.6 Å². The lowest BCUT2D eigenvalue weighted by Crippen LogP contribution is -2.56. The van der Waals surface area contributed by atoms with E-state index in [0.29, 0.717) is 5.56 Å². The van der Waals surface area contributed by atoms with Crippen LogP contribution in [0.3, 0.4) is 0 Å². The third-order valence-electron chi connectivity index (χ3n) is 7.18. The van der Waals surface area contributed by atoms with E-state index in [2.05, 4.69) is 0 Å². The number of benzene rings is 2. The Labute approximate surface area is 220 Å². The number of esters is 3. The van der Waals surface area contributed by atoms with Crippen LogP contribution in [0.5, 0.6) is 0 Å². The molecule has 2 aromatic carbocycles. The van der Waals surface area contributed by atoms with Crippen molar-refractivity contribution < 1.29 is 42.5 Å². The van der Waals surface area contributed by atoms with Gasteiger partial charge in [-0.1, -0.05) is 42.5 Å². The number of nitrogens with zero attached hydrogens (tertiary/aromatic N) is 1. The third-order valence-corrected chi connectivity index (χ3v) is 7.18. The topological polar surface area (TPSA) is 101 Å². The molecule has 38 heavy (non-hydrogen) atoms. The molecule has 2 aliphatic heterocycles. The van der Waals surface area contributed by atoms with Crippen molar-refractivity contribution in [3.05, 3.63) is 71.5 Å². The molecule has 10 heteroatoms. The van der Waals surface area contributed by atoms with E-state index in [4.69, 9.17) is 23.7 Å². The van der Waals surface area contributed by atoms with Crippen LogP contribution in [0.4, 0.5) is 4.39 Å². The highest BCUT2D eigenvalue weighted by molar-refractivity contribution is 5.91. The van der Waals surface area contributed by atoms with Crippen molar-refractivity contribution in [2.75, 3.05) is 27.9 Å². The van der Waals surface area contributed by atoms with E-state index in [-0.39, 0.29) is 6.61 Å². The monoisotopic (exact) mass is 529 g/mol.